The molecule has 7 heteroatoms. The van der Waals surface area contributed by atoms with Gasteiger partial charge in [0.05, 0.1) is 13.2 Å². The molecule has 0 bridgehead atoms. The normalized spacial score (nSPS) is 20.0. The van der Waals surface area contributed by atoms with Crippen molar-refractivity contribution in [1.29, 1.82) is 0 Å². The Morgan fingerprint density at radius 2 is 2.14 bits per heavy atom. The SMILES string of the molecule is O=C(c1ccc2[nH]ccc2c1)N1CCO[C@H](C(F)(F)F)C1. The molecule has 0 aliphatic carbocycles. The van der Waals surface area contributed by atoms with Crippen molar-refractivity contribution < 1.29 is 22.7 Å². The van der Waals surface area contributed by atoms with E-state index in [4.69, 9.17) is 4.74 Å². The molecule has 21 heavy (non-hydrogen) atoms. The van der Waals surface area contributed by atoms with Crippen LogP contribution >= 0.6 is 0 Å². The summed E-state index contributed by atoms with van der Waals surface area (Å²) in [5.41, 5.74) is 1.26. The van der Waals surface area contributed by atoms with Crippen LogP contribution in [0.5, 0.6) is 0 Å². The Morgan fingerprint density at radius 1 is 1.33 bits per heavy atom. The van der Waals surface area contributed by atoms with Crippen LogP contribution in [0.2, 0.25) is 0 Å². The molecule has 4 nitrogen and oxygen atoms in total. The van der Waals surface area contributed by atoms with Gasteiger partial charge in [-0.25, -0.2) is 0 Å². The van der Waals surface area contributed by atoms with Gasteiger partial charge in [0.1, 0.15) is 0 Å². The topological polar surface area (TPSA) is 45.3 Å². The number of carbonyl (C=O) groups excluding carboxylic acids is 1. The smallest absolute Gasteiger partial charge is 0.365 e. The quantitative estimate of drug-likeness (QED) is 0.879. The van der Waals surface area contributed by atoms with Crippen molar-refractivity contribution in [3.8, 4) is 0 Å². The van der Waals surface area contributed by atoms with Crippen molar-refractivity contribution in [2.45, 2.75) is 12.3 Å². The maximum Gasteiger partial charge on any atom is 0.416 e. The molecule has 0 spiro atoms. The lowest BCUT2D eigenvalue weighted by Gasteiger charge is -2.33. The number of carbonyl (C=O) groups is 1. The second kappa shape index (κ2) is 5.07. The summed E-state index contributed by atoms with van der Waals surface area (Å²) in [6.07, 6.45) is -4.62. The number of nitrogens with zero attached hydrogens (tertiary/aromatic N) is 1. The number of amides is 1. The molecule has 1 amide bonds. The Hall–Kier alpha value is -2.02. The Kier molecular flexibility index (Phi) is 3.36. The molecule has 1 aromatic heterocycles. The number of aromatic amines is 1. The number of alkyl halides is 3. The maximum absolute atomic E-state index is 12.7. The van der Waals surface area contributed by atoms with E-state index in [0.29, 0.717) is 5.56 Å². The van der Waals surface area contributed by atoms with Gasteiger partial charge in [-0.15, -0.1) is 0 Å². The number of halogens is 3. The van der Waals surface area contributed by atoms with E-state index in [-0.39, 0.29) is 13.2 Å². The largest absolute Gasteiger partial charge is 0.416 e. The predicted octanol–water partition coefficient (Wildman–Crippen LogP) is 2.57. The Labute approximate surface area is 118 Å². The summed E-state index contributed by atoms with van der Waals surface area (Å²) in [5, 5.41) is 0.849. The molecule has 1 atom stereocenters. The highest BCUT2D eigenvalue weighted by Gasteiger charge is 2.44. The van der Waals surface area contributed by atoms with E-state index in [1.165, 1.54) is 4.90 Å². The first-order chi connectivity index (χ1) is 9.95. The molecule has 2 heterocycles. The highest BCUT2D eigenvalue weighted by molar-refractivity contribution is 5.98. The summed E-state index contributed by atoms with van der Waals surface area (Å²) in [6, 6.07) is 6.83. The number of nitrogens with one attached hydrogen (secondary N) is 1. The van der Waals surface area contributed by atoms with Gasteiger partial charge in [0.25, 0.3) is 5.91 Å². The summed E-state index contributed by atoms with van der Waals surface area (Å²) in [7, 11) is 0. The Balaban J connectivity index is 1.80. The molecule has 1 aliphatic heterocycles. The van der Waals surface area contributed by atoms with Gasteiger partial charge < -0.3 is 14.6 Å². The lowest BCUT2D eigenvalue weighted by atomic mass is 10.1. The summed E-state index contributed by atoms with van der Waals surface area (Å²) in [5.74, 6) is -0.407. The van der Waals surface area contributed by atoms with E-state index in [9.17, 15) is 18.0 Å². The molecular weight excluding hydrogens is 285 g/mol. The number of fused-ring (bicyclic) bond motifs is 1. The fourth-order valence-electron chi connectivity index (χ4n) is 2.40. The van der Waals surface area contributed by atoms with Crippen LogP contribution in [0.4, 0.5) is 13.2 Å². The van der Waals surface area contributed by atoms with Crippen molar-refractivity contribution in [2.24, 2.45) is 0 Å². The Morgan fingerprint density at radius 3 is 2.90 bits per heavy atom. The molecule has 1 aromatic carbocycles. The van der Waals surface area contributed by atoms with Crippen molar-refractivity contribution in [2.75, 3.05) is 19.7 Å². The predicted molar refractivity (Wildman–Crippen MR) is 70.0 cm³/mol. The average molecular weight is 298 g/mol. The van der Waals surface area contributed by atoms with E-state index >= 15 is 0 Å². The standard InChI is InChI=1S/C14H13F3N2O2/c15-14(16,17)12-8-19(5-6-21-12)13(20)10-1-2-11-9(7-10)3-4-18-11/h1-4,7,12,18H,5-6,8H2/t12-/m0/s1. The van der Waals surface area contributed by atoms with Crippen LogP contribution in [-0.4, -0.2) is 47.8 Å². The number of rotatable bonds is 1. The van der Waals surface area contributed by atoms with Crippen LogP contribution < -0.4 is 0 Å². The lowest BCUT2D eigenvalue weighted by molar-refractivity contribution is -0.233. The van der Waals surface area contributed by atoms with Crippen molar-refractivity contribution in [1.82, 2.24) is 9.88 Å². The maximum atomic E-state index is 12.7. The zero-order chi connectivity index (χ0) is 15.0. The van der Waals surface area contributed by atoms with Gasteiger partial charge in [0.15, 0.2) is 6.10 Å². The molecule has 1 aliphatic rings. The first-order valence-electron chi connectivity index (χ1n) is 6.50. The van der Waals surface area contributed by atoms with Crippen molar-refractivity contribution >= 4 is 16.8 Å². The van der Waals surface area contributed by atoms with Crippen LogP contribution in [-0.2, 0) is 4.74 Å². The lowest BCUT2D eigenvalue weighted by Crippen LogP contribution is -2.51. The molecule has 2 aromatic rings. The van der Waals surface area contributed by atoms with Gasteiger partial charge in [-0.1, -0.05) is 0 Å². The summed E-state index contributed by atoms with van der Waals surface area (Å²) >= 11 is 0. The molecule has 1 saturated heterocycles. The zero-order valence-electron chi connectivity index (χ0n) is 11.0. The van der Waals surface area contributed by atoms with Crippen LogP contribution in [0.15, 0.2) is 30.5 Å². The van der Waals surface area contributed by atoms with Gasteiger partial charge in [-0.2, -0.15) is 13.2 Å². The molecule has 1 fully saturated rings. The monoisotopic (exact) mass is 298 g/mol. The molecule has 1 N–H and O–H groups in total. The van der Waals surface area contributed by atoms with E-state index in [0.717, 1.165) is 10.9 Å². The fraction of sp³-hybridized carbons (Fsp3) is 0.357. The number of aromatic nitrogens is 1. The molecule has 3 rings (SSSR count). The molecule has 112 valence electrons. The molecule has 0 unspecified atom stereocenters. The minimum Gasteiger partial charge on any atom is -0.365 e. The summed E-state index contributed by atoms with van der Waals surface area (Å²) in [6.45, 7) is -0.410. The Bertz CT molecular complexity index is 666. The minimum absolute atomic E-state index is 0.109. The van der Waals surface area contributed by atoms with E-state index < -0.39 is 24.7 Å². The van der Waals surface area contributed by atoms with Gasteiger partial charge >= 0.3 is 6.18 Å². The molecule has 0 radical (unpaired) electrons. The van der Waals surface area contributed by atoms with Crippen molar-refractivity contribution in [3.63, 3.8) is 0 Å². The molecule has 0 saturated carbocycles. The van der Waals surface area contributed by atoms with Crippen LogP contribution in [0.25, 0.3) is 10.9 Å². The first-order valence-corrected chi connectivity index (χ1v) is 6.50. The number of hydrogen-bond donors (Lipinski definition) is 1. The van der Waals surface area contributed by atoms with Gasteiger partial charge in [0, 0.05) is 29.2 Å². The fourth-order valence-corrected chi connectivity index (χ4v) is 2.40. The second-order valence-electron chi connectivity index (χ2n) is 4.93. The van der Waals surface area contributed by atoms with E-state index in [1.54, 1.807) is 24.4 Å². The number of benzene rings is 1. The first kappa shape index (κ1) is 13.9. The second-order valence-corrected chi connectivity index (χ2v) is 4.93. The number of morpholine rings is 1. The zero-order valence-corrected chi connectivity index (χ0v) is 11.0. The number of hydrogen-bond acceptors (Lipinski definition) is 2. The van der Waals surface area contributed by atoms with Crippen molar-refractivity contribution in [3.05, 3.63) is 36.0 Å². The van der Waals surface area contributed by atoms with Crippen LogP contribution in [0.3, 0.4) is 0 Å². The van der Waals surface area contributed by atoms with Gasteiger partial charge in [-0.05, 0) is 24.3 Å². The molecular formula is C14H13F3N2O2. The van der Waals surface area contributed by atoms with E-state index in [1.807, 2.05) is 6.07 Å². The summed E-state index contributed by atoms with van der Waals surface area (Å²) in [4.78, 5) is 16.5. The highest BCUT2D eigenvalue weighted by Crippen LogP contribution is 2.26. The third-order valence-corrected chi connectivity index (χ3v) is 3.52. The third kappa shape index (κ3) is 2.73. The minimum atomic E-state index is -4.45. The van der Waals surface area contributed by atoms with Gasteiger partial charge in [0.2, 0.25) is 0 Å². The summed E-state index contributed by atoms with van der Waals surface area (Å²) < 4.78 is 42.7. The van der Waals surface area contributed by atoms with Crippen LogP contribution in [0, 0.1) is 0 Å². The number of H-pyrrole nitrogens is 1. The third-order valence-electron chi connectivity index (χ3n) is 3.52. The van der Waals surface area contributed by atoms with Gasteiger partial charge in [-0.3, -0.25) is 4.79 Å². The van der Waals surface area contributed by atoms with Crippen LogP contribution in [0.1, 0.15) is 10.4 Å². The number of ether oxygens (including phenoxy) is 1. The average Bonchev–Trinajstić information content (AvgIpc) is 2.93. The highest BCUT2D eigenvalue weighted by atomic mass is 19.4. The van der Waals surface area contributed by atoms with E-state index in [2.05, 4.69) is 4.98 Å².